The minimum atomic E-state index is -1.34. The van der Waals surface area contributed by atoms with E-state index in [1.807, 2.05) is 0 Å². The molecule has 0 spiro atoms. The highest BCUT2D eigenvalue weighted by atomic mass is 19.1. The number of benzene rings is 1. The molecule has 5 nitrogen and oxygen atoms in total. The van der Waals surface area contributed by atoms with Gasteiger partial charge in [-0.25, -0.2) is 9.18 Å². The van der Waals surface area contributed by atoms with E-state index in [1.54, 1.807) is 6.07 Å². The molecule has 2 aromatic rings. The molecule has 1 heterocycles. The molecule has 19 heavy (non-hydrogen) atoms. The summed E-state index contributed by atoms with van der Waals surface area (Å²) in [7, 11) is 0. The molecule has 0 fully saturated rings. The smallest absolute Gasteiger partial charge is 0.341 e. The lowest BCUT2D eigenvalue weighted by atomic mass is 10.2. The number of rotatable bonds is 4. The topological polar surface area (TPSA) is 68.5 Å². The van der Waals surface area contributed by atoms with Gasteiger partial charge in [-0.05, 0) is 18.2 Å². The SMILES string of the molecule is O=C(O)c1cccn(OCc2ccccc2F)c1=O. The van der Waals surface area contributed by atoms with Crippen molar-refractivity contribution in [1.82, 2.24) is 4.73 Å². The summed E-state index contributed by atoms with van der Waals surface area (Å²) in [6, 6.07) is 8.50. The van der Waals surface area contributed by atoms with Crippen LogP contribution in [0.5, 0.6) is 0 Å². The number of carbonyl (C=O) groups is 1. The summed E-state index contributed by atoms with van der Waals surface area (Å²) in [6.45, 7) is -0.171. The minimum Gasteiger partial charge on any atom is -0.477 e. The standard InChI is InChI=1S/C13H10FNO4/c14-11-6-2-1-4-9(11)8-19-15-7-3-5-10(12(15)16)13(17)18/h1-7H,8H2,(H,17,18). The molecule has 0 aliphatic rings. The van der Waals surface area contributed by atoms with Crippen LogP contribution in [-0.2, 0) is 6.61 Å². The Morgan fingerprint density at radius 2 is 2.00 bits per heavy atom. The molecule has 0 aliphatic carbocycles. The van der Waals surface area contributed by atoms with E-state index >= 15 is 0 Å². The lowest BCUT2D eigenvalue weighted by Crippen LogP contribution is -2.30. The Morgan fingerprint density at radius 1 is 1.26 bits per heavy atom. The third kappa shape index (κ3) is 2.79. The normalized spacial score (nSPS) is 10.2. The van der Waals surface area contributed by atoms with Crippen molar-refractivity contribution >= 4 is 5.97 Å². The molecule has 0 saturated carbocycles. The first kappa shape index (κ1) is 12.8. The van der Waals surface area contributed by atoms with Gasteiger partial charge in [0.2, 0.25) is 0 Å². The number of carboxylic acids is 1. The van der Waals surface area contributed by atoms with Gasteiger partial charge in [-0.1, -0.05) is 18.2 Å². The van der Waals surface area contributed by atoms with Crippen LogP contribution in [0.4, 0.5) is 4.39 Å². The van der Waals surface area contributed by atoms with Gasteiger partial charge in [-0.3, -0.25) is 4.79 Å². The Bertz CT molecular complexity index is 666. The lowest BCUT2D eigenvalue weighted by Gasteiger charge is -2.09. The van der Waals surface area contributed by atoms with Gasteiger partial charge >= 0.3 is 5.97 Å². The zero-order chi connectivity index (χ0) is 13.8. The number of nitrogens with zero attached hydrogens (tertiary/aromatic N) is 1. The average Bonchev–Trinajstić information content (AvgIpc) is 2.39. The molecule has 0 saturated heterocycles. The first-order chi connectivity index (χ1) is 9.09. The summed E-state index contributed by atoms with van der Waals surface area (Å²) in [4.78, 5) is 27.5. The van der Waals surface area contributed by atoms with Crippen molar-refractivity contribution in [3.63, 3.8) is 0 Å². The summed E-state index contributed by atoms with van der Waals surface area (Å²) in [5.74, 6) is -1.79. The Morgan fingerprint density at radius 3 is 2.68 bits per heavy atom. The maximum absolute atomic E-state index is 13.3. The van der Waals surface area contributed by atoms with Crippen molar-refractivity contribution in [2.45, 2.75) is 6.61 Å². The zero-order valence-electron chi connectivity index (χ0n) is 9.75. The molecule has 6 heteroatoms. The number of pyridine rings is 1. The Labute approximate surface area is 107 Å². The maximum Gasteiger partial charge on any atom is 0.341 e. The summed E-state index contributed by atoms with van der Waals surface area (Å²) >= 11 is 0. The fourth-order valence-electron chi connectivity index (χ4n) is 1.49. The predicted molar refractivity (Wildman–Crippen MR) is 64.3 cm³/mol. The summed E-state index contributed by atoms with van der Waals surface area (Å²) in [5, 5.41) is 8.79. The van der Waals surface area contributed by atoms with Crippen LogP contribution < -0.4 is 10.4 Å². The molecule has 0 unspecified atom stereocenters. The minimum absolute atomic E-state index is 0.171. The monoisotopic (exact) mass is 263 g/mol. The highest BCUT2D eigenvalue weighted by molar-refractivity contribution is 5.86. The van der Waals surface area contributed by atoms with Crippen LogP contribution in [-0.4, -0.2) is 15.8 Å². The van der Waals surface area contributed by atoms with Gasteiger partial charge in [-0.2, -0.15) is 4.73 Å². The molecule has 0 atom stereocenters. The number of carboxylic acid groups (broad SMARTS) is 1. The van der Waals surface area contributed by atoms with E-state index in [4.69, 9.17) is 9.94 Å². The summed E-state index contributed by atoms with van der Waals surface area (Å²) in [5.41, 5.74) is -0.933. The molecule has 2 rings (SSSR count). The fourth-order valence-corrected chi connectivity index (χ4v) is 1.49. The van der Waals surface area contributed by atoms with Crippen molar-refractivity contribution in [2.75, 3.05) is 0 Å². The second-order valence-electron chi connectivity index (χ2n) is 3.72. The summed E-state index contributed by atoms with van der Waals surface area (Å²) in [6.07, 6.45) is 1.27. The van der Waals surface area contributed by atoms with Crippen molar-refractivity contribution in [1.29, 1.82) is 0 Å². The van der Waals surface area contributed by atoms with Crippen molar-refractivity contribution in [3.8, 4) is 0 Å². The van der Waals surface area contributed by atoms with Crippen molar-refractivity contribution in [3.05, 3.63) is 69.9 Å². The van der Waals surface area contributed by atoms with Gasteiger partial charge < -0.3 is 9.94 Å². The maximum atomic E-state index is 13.3. The Balaban J connectivity index is 2.21. The second-order valence-corrected chi connectivity index (χ2v) is 3.72. The summed E-state index contributed by atoms with van der Waals surface area (Å²) < 4.78 is 14.1. The van der Waals surface area contributed by atoms with Gasteiger partial charge in [0.1, 0.15) is 18.0 Å². The molecule has 0 amide bonds. The van der Waals surface area contributed by atoms with E-state index < -0.39 is 22.9 Å². The Kier molecular flexibility index (Phi) is 3.61. The first-order valence-corrected chi connectivity index (χ1v) is 5.41. The molecule has 1 aromatic carbocycles. The van der Waals surface area contributed by atoms with Gasteiger partial charge in [0, 0.05) is 11.8 Å². The predicted octanol–water partition coefficient (Wildman–Crippen LogP) is 1.31. The van der Waals surface area contributed by atoms with E-state index in [-0.39, 0.29) is 12.2 Å². The van der Waals surface area contributed by atoms with E-state index in [9.17, 15) is 14.0 Å². The lowest BCUT2D eigenvalue weighted by molar-refractivity contribution is 0.0665. The van der Waals surface area contributed by atoms with Gasteiger partial charge in [-0.15, -0.1) is 0 Å². The van der Waals surface area contributed by atoms with E-state index in [0.29, 0.717) is 0 Å². The number of halogens is 1. The number of hydrogen-bond acceptors (Lipinski definition) is 3. The zero-order valence-corrected chi connectivity index (χ0v) is 9.75. The van der Waals surface area contributed by atoms with Crippen LogP contribution in [0.3, 0.4) is 0 Å². The molecule has 0 radical (unpaired) electrons. The Hall–Kier alpha value is -2.63. The largest absolute Gasteiger partial charge is 0.477 e. The first-order valence-electron chi connectivity index (χ1n) is 5.41. The number of aromatic carboxylic acids is 1. The molecule has 0 bridgehead atoms. The van der Waals surface area contributed by atoms with E-state index in [2.05, 4.69) is 0 Å². The number of aromatic nitrogens is 1. The van der Waals surface area contributed by atoms with Crippen LogP contribution in [0.25, 0.3) is 0 Å². The third-order valence-corrected chi connectivity index (χ3v) is 2.46. The highest BCUT2D eigenvalue weighted by Gasteiger charge is 2.11. The second kappa shape index (κ2) is 5.34. The van der Waals surface area contributed by atoms with E-state index in [0.717, 1.165) is 4.73 Å². The third-order valence-electron chi connectivity index (χ3n) is 2.46. The van der Waals surface area contributed by atoms with Gasteiger partial charge in [0.15, 0.2) is 0 Å². The van der Waals surface area contributed by atoms with Gasteiger partial charge in [0.25, 0.3) is 5.56 Å². The van der Waals surface area contributed by atoms with Crippen LogP contribution in [0.1, 0.15) is 15.9 Å². The average molecular weight is 263 g/mol. The molecule has 98 valence electrons. The molecule has 0 aliphatic heterocycles. The van der Waals surface area contributed by atoms with Crippen LogP contribution in [0, 0.1) is 5.82 Å². The van der Waals surface area contributed by atoms with Crippen molar-refractivity contribution < 1.29 is 19.1 Å². The van der Waals surface area contributed by atoms with Crippen LogP contribution in [0.2, 0.25) is 0 Å². The van der Waals surface area contributed by atoms with Gasteiger partial charge in [0.05, 0.1) is 0 Å². The molecule has 1 aromatic heterocycles. The molecular weight excluding hydrogens is 253 g/mol. The highest BCUT2D eigenvalue weighted by Crippen LogP contribution is 2.06. The van der Waals surface area contributed by atoms with Crippen LogP contribution >= 0.6 is 0 Å². The molecular formula is C13H10FNO4. The molecule has 1 N–H and O–H groups in total. The fraction of sp³-hybridized carbons (Fsp3) is 0.0769. The van der Waals surface area contributed by atoms with Crippen molar-refractivity contribution in [2.24, 2.45) is 0 Å². The van der Waals surface area contributed by atoms with Crippen LogP contribution in [0.15, 0.2) is 47.4 Å². The quantitative estimate of drug-likeness (QED) is 0.903. The van der Waals surface area contributed by atoms with E-state index in [1.165, 1.54) is 36.5 Å². The number of hydrogen-bond donors (Lipinski definition) is 1.